The van der Waals surface area contributed by atoms with Gasteiger partial charge in [-0.05, 0) is 25.5 Å². The number of nitro groups is 1. The number of carbonyl (C=O) groups excluding carboxylic acids is 2. The van der Waals surface area contributed by atoms with Gasteiger partial charge in [-0.1, -0.05) is 30.3 Å². The highest BCUT2D eigenvalue weighted by Gasteiger charge is 2.32. The second-order valence-corrected chi connectivity index (χ2v) is 9.42. The molecule has 0 amide bonds. The Balaban J connectivity index is 2.03. The quantitative estimate of drug-likeness (QED) is 0.278. The third kappa shape index (κ3) is 4.67. The van der Waals surface area contributed by atoms with E-state index in [1.807, 2.05) is 0 Å². The summed E-state index contributed by atoms with van der Waals surface area (Å²) in [6.45, 7) is 2.37. The van der Waals surface area contributed by atoms with Gasteiger partial charge >= 0.3 is 0 Å². The van der Waals surface area contributed by atoms with Gasteiger partial charge in [0.25, 0.3) is 5.69 Å². The van der Waals surface area contributed by atoms with Crippen LogP contribution < -0.4 is 4.74 Å². The van der Waals surface area contributed by atoms with Crippen molar-refractivity contribution < 1.29 is 27.7 Å². The number of nitro benzene ring substituents is 1. The molecule has 1 aromatic heterocycles. The van der Waals surface area contributed by atoms with Crippen LogP contribution in [0, 0.1) is 24.0 Å². The molecule has 11 heteroatoms. The zero-order valence-electron chi connectivity index (χ0n) is 18.4. The fourth-order valence-electron chi connectivity index (χ4n) is 3.67. The molecule has 0 radical (unpaired) electrons. The van der Waals surface area contributed by atoms with Gasteiger partial charge in [-0.3, -0.25) is 19.7 Å². The van der Waals surface area contributed by atoms with Crippen molar-refractivity contribution in [3.05, 3.63) is 80.5 Å². The fraction of sp³-hybridized carbons (Fsp3) is 0.227. The Kier molecular flexibility index (Phi) is 6.45. The molecular formula is C22H21N3O7S. The highest BCUT2D eigenvalue weighted by atomic mass is 32.2. The summed E-state index contributed by atoms with van der Waals surface area (Å²) in [5.41, 5.74) is -0.500. The van der Waals surface area contributed by atoms with Crippen LogP contribution in [0.15, 0.2) is 47.5 Å². The summed E-state index contributed by atoms with van der Waals surface area (Å²) < 4.78 is 31.1. The smallest absolute Gasteiger partial charge is 0.284 e. The average molecular weight is 471 g/mol. The van der Waals surface area contributed by atoms with Crippen LogP contribution >= 0.6 is 0 Å². The van der Waals surface area contributed by atoms with Crippen LogP contribution in [0.4, 0.5) is 5.69 Å². The summed E-state index contributed by atoms with van der Waals surface area (Å²) in [6.07, 6.45) is 2.13. The second kappa shape index (κ2) is 8.94. The molecule has 0 atom stereocenters. The van der Waals surface area contributed by atoms with E-state index >= 15 is 0 Å². The first kappa shape index (κ1) is 23.8. The van der Waals surface area contributed by atoms with Crippen LogP contribution in [-0.2, 0) is 16.9 Å². The summed E-state index contributed by atoms with van der Waals surface area (Å²) in [6, 6.07) is 9.60. The number of ether oxygens (including phenoxy) is 1. The Morgan fingerprint density at radius 1 is 1.15 bits per heavy atom. The molecule has 0 spiro atoms. The van der Waals surface area contributed by atoms with Crippen LogP contribution in [0.25, 0.3) is 0 Å². The minimum Gasteiger partial charge on any atom is -0.469 e. The molecule has 1 heterocycles. The van der Waals surface area contributed by atoms with Crippen molar-refractivity contribution in [1.82, 2.24) is 9.78 Å². The normalized spacial score (nSPS) is 11.3. The number of ketones is 2. The van der Waals surface area contributed by atoms with Crippen LogP contribution in [0.2, 0.25) is 0 Å². The zero-order chi connectivity index (χ0) is 24.5. The van der Waals surface area contributed by atoms with Crippen molar-refractivity contribution in [2.45, 2.75) is 18.7 Å². The first-order valence-electron chi connectivity index (χ1n) is 9.69. The third-order valence-corrected chi connectivity index (χ3v) is 6.40. The average Bonchev–Trinajstić information content (AvgIpc) is 3.10. The third-order valence-electron chi connectivity index (χ3n) is 5.03. The van der Waals surface area contributed by atoms with Crippen LogP contribution in [0.5, 0.6) is 5.88 Å². The van der Waals surface area contributed by atoms with Gasteiger partial charge in [0, 0.05) is 24.4 Å². The standard InChI is InChI=1S/C22H21N3O7S/c1-13-10-16(19(25(28)29)14(2)21(13)33(4,30)31)20(27)17-11-23-24(3)22(17)32-12-18(26)15-8-6-5-7-9-15/h5-11H,12H2,1-4H3. The Morgan fingerprint density at radius 3 is 2.36 bits per heavy atom. The van der Waals surface area contributed by atoms with E-state index in [0.29, 0.717) is 5.56 Å². The summed E-state index contributed by atoms with van der Waals surface area (Å²) in [7, 11) is -2.27. The van der Waals surface area contributed by atoms with Gasteiger partial charge in [-0.2, -0.15) is 5.10 Å². The van der Waals surface area contributed by atoms with Gasteiger partial charge in [0.05, 0.1) is 16.0 Å². The van der Waals surface area contributed by atoms with Crippen molar-refractivity contribution in [3.63, 3.8) is 0 Å². The SMILES string of the molecule is Cc1cc(C(=O)c2cnn(C)c2OCC(=O)c2ccccc2)c([N+](=O)[O-])c(C)c1S(C)(=O)=O. The Labute approximate surface area is 189 Å². The second-order valence-electron chi connectivity index (χ2n) is 7.47. The molecule has 0 aliphatic heterocycles. The molecule has 0 fully saturated rings. The predicted octanol–water partition coefficient (Wildman–Crippen LogP) is 2.84. The summed E-state index contributed by atoms with van der Waals surface area (Å²) in [5.74, 6) is -1.14. The maximum Gasteiger partial charge on any atom is 0.284 e. The van der Waals surface area contributed by atoms with Gasteiger partial charge < -0.3 is 4.74 Å². The van der Waals surface area contributed by atoms with Crippen LogP contribution in [-0.4, -0.2) is 47.6 Å². The monoisotopic (exact) mass is 471 g/mol. The molecule has 172 valence electrons. The number of rotatable bonds is 8. The molecule has 3 aromatic rings. The fourth-order valence-corrected chi connectivity index (χ4v) is 4.97. The minimum atomic E-state index is -3.77. The number of aromatic nitrogens is 2. The number of hydrogen-bond acceptors (Lipinski definition) is 8. The highest BCUT2D eigenvalue weighted by molar-refractivity contribution is 7.90. The molecule has 33 heavy (non-hydrogen) atoms. The van der Waals surface area contributed by atoms with Gasteiger partial charge in [-0.25, -0.2) is 13.1 Å². The largest absolute Gasteiger partial charge is 0.469 e. The topological polar surface area (TPSA) is 138 Å². The Morgan fingerprint density at radius 2 is 1.79 bits per heavy atom. The maximum absolute atomic E-state index is 13.3. The molecule has 0 N–H and O–H groups in total. The summed E-state index contributed by atoms with van der Waals surface area (Å²) in [4.78, 5) is 36.5. The van der Waals surface area contributed by atoms with E-state index in [0.717, 1.165) is 6.26 Å². The van der Waals surface area contributed by atoms with Crippen molar-refractivity contribution in [2.75, 3.05) is 12.9 Å². The van der Waals surface area contributed by atoms with E-state index in [2.05, 4.69) is 5.10 Å². The minimum absolute atomic E-state index is 0.0407. The first-order valence-corrected chi connectivity index (χ1v) is 11.6. The number of benzene rings is 2. The van der Waals surface area contributed by atoms with Gasteiger partial charge in [0.1, 0.15) is 11.1 Å². The van der Waals surface area contributed by atoms with E-state index in [-0.39, 0.29) is 45.4 Å². The molecular weight excluding hydrogens is 450 g/mol. The van der Waals surface area contributed by atoms with Crippen LogP contribution in [0.3, 0.4) is 0 Å². The molecule has 10 nitrogen and oxygen atoms in total. The molecule has 0 aliphatic carbocycles. The number of carbonyl (C=O) groups is 2. The molecule has 0 unspecified atom stereocenters. The lowest BCUT2D eigenvalue weighted by atomic mass is 9.98. The summed E-state index contributed by atoms with van der Waals surface area (Å²) in [5, 5.41) is 15.8. The summed E-state index contributed by atoms with van der Waals surface area (Å²) >= 11 is 0. The molecule has 0 saturated heterocycles. The molecule has 2 aromatic carbocycles. The number of hydrogen-bond donors (Lipinski definition) is 0. The maximum atomic E-state index is 13.3. The van der Waals surface area contributed by atoms with E-state index < -0.39 is 26.2 Å². The lowest BCUT2D eigenvalue weighted by molar-refractivity contribution is -0.385. The van der Waals surface area contributed by atoms with Crippen molar-refractivity contribution in [3.8, 4) is 5.88 Å². The Bertz CT molecular complexity index is 1380. The van der Waals surface area contributed by atoms with E-state index in [1.165, 1.54) is 37.8 Å². The first-order chi connectivity index (χ1) is 15.4. The molecule has 0 bridgehead atoms. The predicted molar refractivity (Wildman–Crippen MR) is 119 cm³/mol. The number of sulfone groups is 1. The number of aryl methyl sites for hydroxylation is 2. The number of nitrogens with zero attached hydrogens (tertiary/aromatic N) is 3. The van der Waals surface area contributed by atoms with Gasteiger partial charge in [-0.15, -0.1) is 0 Å². The number of Topliss-reactive ketones (excluding diaryl/α,β-unsaturated/α-hetero) is 1. The van der Waals surface area contributed by atoms with E-state index in [1.54, 1.807) is 30.3 Å². The lowest BCUT2D eigenvalue weighted by Gasteiger charge is -2.13. The van der Waals surface area contributed by atoms with Crippen molar-refractivity contribution in [2.24, 2.45) is 7.05 Å². The van der Waals surface area contributed by atoms with E-state index in [9.17, 15) is 28.1 Å². The van der Waals surface area contributed by atoms with E-state index in [4.69, 9.17) is 4.74 Å². The highest BCUT2D eigenvalue weighted by Crippen LogP contribution is 2.34. The van der Waals surface area contributed by atoms with Crippen LogP contribution in [0.1, 0.15) is 37.4 Å². The lowest BCUT2D eigenvalue weighted by Crippen LogP contribution is -2.16. The van der Waals surface area contributed by atoms with Gasteiger partial charge in [0.15, 0.2) is 22.2 Å². The van der Waals surface area contributed by atoms with Crippen molar-refractivity contribution in [1.29, 1.82) is 0 Å². The molecule has 0 saturated carbocycles. The molecule has 3 rings (SSSR count). The molecule has 0 aliphatic rings. The van der Waals surface area contributed by atoms with Crippen molar-refractivity contribution >= 4 is 27.1 Å². The zero-order valence-corrected chi connectivity index (χ0v) is 19.2. The van der Waals surface area contributed by atoms with Gasteiger partial charge in [0.2, 0.25) is 11.7 Å². The Hall–Kier alpha value is -3.86.